The van der Waals surface area contributed by atoms with E-state index in [-0.39, 0.29) is 29.4 Å². The molecule has 1 saturated carbocycles. The molecule has 9 heteroatoms. The van der Waals surface area contributed by atoms with Gasteiger partial charge in [-0.25, -0.2) is 0 Å². The normalized spacial score (nSPS) is 22.3. The minimum Gasteiger partial charge on any atom is -0.381 e. The molecule has 3 fully saturated rings. The van der Waals surface area contributed by atoms with Crippen LogP contribution in [0.1, 0.15) is 43.7 Å². The predicted octanol–water partition coefficient (Wildman–Crippen LogP) is 4.09. The molecule has 0 aromatic heterocycles. The lowest BCUT2D eigenvalue weighted by molar-refractivity contribution is -0.139. The summed E-state index contributed by atoms with van der Waals surface area (Å²) in [7, 11) is 0. The van der Waals surface area contributed by atoms with Gasteiger partial charge in [-0.1, -0.05) is 0 Å². The van der Waals surface area contributed by atoms with Crippen LogP contribution in [0.15, 0.2) is 18.2 Å². The predicted molar refractivity (Wildman–Crippen MR) is 120 cm³/mol. The van der Waals surface area contributed by atoms with Crippen LogP contribution in [0.4, 0.5) is 18.9 Å². The Labute approximate surface area is 198 Å². The maximum Gasteiger partial charge on any atom is 0.417 e. The number of likely N-dealkylation sites (tertiary alicyclic amines) is 1. The summed E-state index contributed by atoms with van der Waals surface area (Å²) < 4.78 is 51.9. The summed E-state index contributed by atoms with van der Waals surface area (Å²) in [6.45, 7) is 6.16. The highest BCUT2D eigenvalue weighted by atomic mass is 19.4. The zero-order valence-corrected chi connectivity index (χ0v) is 19.6. The van der Waals surface area contributed by atoms with Gasteiger partial charge in [0.25, 0.3) is 0 Å². The number of hydrogen-bond donors (Lipinski definition) is 0. The summed E-state index contributed by atoms with van der Waals surface area (Å²) in [5.74, 6) is 0.787. The van der Waals surface area contributed by atoms with E-state index >= 15 is 0 Å². The Balaban J connectivity index is 1.50. The van der Waals surface area contributed by atoms with E-state index in [1.54, 1.807) is 12.1 Å². The molecular weight excluding hydrogens is 447 g/mol. The van der Waals surface area contributed by atoms with E-state index in [9.17, 15) is 18.0 Å². The number of amides is 1. The Morgan fingerprint density at radius 1 is 1.21 bits per heavy atom. The molecule has 1 aliphatic carbocycles. The maximum absolute atomic E-state index is 13.5. The van der Waals surface area contributed by atoms with E-state index in [0.717, 1.165) is 25.5 Å². The van der Waals surface area contributed by atoms with Crippen molar-refractivity contribution >= 4 is 11.6 Å². The minimum atomic E-state index is -4.59. The first-order valence-electron chi connectivity index (χ1n) is 12.1. The van der Waals surface area contributed by atoms with E-state index in [2.05, 4.69) is 0 Å². The standard InChI is InChI=1S/C25H32F3N3O3/c1-2-33-16-23(32)30-9-7-24(8-10-30)17-31(13-20(24)15-34-14-18-3-4-18)21-6-5-19(12-29)22(11-21)25(26,27)28/h5-6,11,18,20H,2-4,7-10,13-17H2,1H3. The van der Waals surface area contributed by atoms with Gasteiger partial charge in [0.1, 0.15) is 6.61 Å². The van der Waals surface area contributed by atoms with Crippen LogP contribution in [0.25, 0.3) is 0 Å². The van der Waals surface area contributed by atoms with Crippen LogP contribution in [-0.4, -0.2) is 63.4 Å². The van der Waals surface area contributed by atoms with E-state index in [0.29, 0.717) is 51.0 Å². The van der Waals surface area contributed by atoms with Crippen LogP contribution >= 0.6 is 0 Å². The Bertz CT molecular complexity index is 918. The molecule has 1 unspecified atom stereocenters. The summed E-state index contributed by atoms with van der Waals surface area (Å²) >= 11 is 0. The summed E-state index contributed by atoms with van der Waals surface area (Å²) in [6, 6.07) is 5.62. The lowest BCUT2D eigenvalue weighted by Crippen LogP contribution is -2.48. The van der Waals surface area contributed by atoms with Crippen molar-refractivity contribution in [3.63, 3.8) is 0 Å². The summed E-state index contributed by atoms with van der Waals surface area (Å²) in [4.78, 5) is 16.2. The number of alkyl halides is 3. The van der Waals surface area contributed by atoms with E-state index in [4.69, 9.17) is 14.7 Å². The van der Waals surface area contributed by atoms with Gasteiger partial charge in [0.05, 0.1) is 23.8 Å². The molecular formula is C25H32F3N3O3. The molecule has 3 aliphatic rings. The number of carbonyl (C=O) groups is 1. The summed E-state index contributed by atoms with van der Waals surface area (Å²) in [5, 5.41) is 9.13. The monoisotopic (exact) mass is 479 g/mol. The fraction of sp³-hybridized carbons (Fsp3) is 0.680. The first-order chi connectivity index (χ1) is 16.3. The number of carbonyl (C=O) groups excluding carboxylic acids is 1. The average Bonchev–Trinajstić information content (AvgIpc) is 3.59. The topological polar surface area (TPSA) is 65.8 Å². The Morgan fingerprint density at radius 3 is 2.56 bits per heavy atom. The number of hydrogen-bond acceptors (Lipinski definition) is 5. The molecule has 1 amide bonds. The molecule has 186 valence electrons. The maximum atomic E-state index is 13.5. The van der Waals surface area contributed by atoms with Gasteiger partial charge in [0.2, 0.25) is 5.91 Å². The number of ether oxygens (including phenoxy) is 2. The van der Waals surface area contributed by atoms with Crippen LogP contribution in [0.2, 0.25) is 0 Å². The molecule has 1 aromatic rings. The second-order valence-electron chi connectivity index (χ2n) is 9.78. The quantitative estimate of drug-likeness (QED) is 0.562. The van der Waals surface area contributed by atoms with Gasteiger partial charge in [-0.2, -0.15) is 18.4 Å². The van der Waals surface area contributed by atoms with Crippen LogP contribution in [0.5, 0.6) is 0 Å². The smallest absolute Gasteiger partial charge is 0.381 e. The van der Waals surface area contributed by atoms with Gasteiger partial charge in [-0.15, -0.1) is 0 Å². The second kappa shape index (κ2) is 10.1. The molecule has 6 nitrogen and oxygen atoms in total. The number of benzene rings is 1. The largest absolute Gasteiger partial charge is 0.417 e. The Kier molecular flexibility index (Phi) is 7.39. The first kappa shape index (κ1) is 24.8. The molecule has 2 heterocycles. The van der Waals surface area contributed by atoms with Crippen molar-refractivity contribution < 1.29 is 27.4 Å². The number of nitriles is 1. The van der Waals surface area contributed by atoms with Gasteiger partial charge in [-0.05, 0) is 62.1 Å². The van der Waals surface area contributed by atoms with Crippen LogP contribution in [-0.2, 0) is 20.4 Å². The van der Waals surface area contributed by atoms with Gasteiger partial charge in [0.15, 0.2) is 0 Å². The van der Waals surface area contributed by atoms with Crippen LogP contribution in [0, 0.1) is 28.6 Å². The van der Waals surface area contributed by atoms with E-state index < -0.39 is 11.7 Å². The number of rotatable bonds is 8. The van der Waals surface area contributed by atoms with Crippen molar-refractivity contribution in [1.29, 1.82) is 5.26 Å². The molecule has 1 aromatic carbocycles. The molecule has 1 spiro atoms. The SMILES string of the molecule is CCOCC(=O)N1CCC2(CC1)CN(c1ccc(C#N)c(C(F)(F)F)c1)CC2COCC1CC1. The van der Waals surface area contributed by atoms with Crippen molar-refractivity contribution in [3.05, 3.63) is 29.3 Å². The van der Waals surface area contributed by atoms with Gasteiger partial charge < -0.3 is 19.3 Å². The van der Waals surface area contributed by atoms with Crippen molar-refractivity contribution in [2.45, 2.75) is 38.8 Å². The lowest BCUT2D eigenvalue weighted by atomic mass is 9.71. The highest BCUT2D eigenvalue weighted by Crippen LogP contribution is 2.47. The third-order valence-corrected chi connectivity index (χ3v) is 7.52. The van der Waals surface area contributed by atoms with Crippen LogP contribution in [0.3, 0.4) is 0 Å². The van der Waals surface area contributed by atoms with Crippen molar-refractivity contribution in [2.24, 2.45) is 17.3 Å². The highest BCUT2D eigenvalue weighted by molar-refractivity contribution is 5.77. The third kappa shape index (κ3) is 5.49. The van der Waals surface area contributed by atoms with Crippen molar-refractivity contribution in [1.82, 2.24) is 4.90 Å². The second-order valence-corrected chi connectivity index (χ2v) is 9.78. The molecule has 0 N–H and O–H groups in total. The third-order valence-electron chi connectivity index (χ3n) is 7.52. The molecule has 1 atom stereocenters. The Hall–Kier alpha value is -2.31. The first-order valence-corrected chi connectivity index (χ1v) is 12.1. The fourth-order valence-corrected chi connectivity index (χ4v) is 5.23. The number of nitrogens with zero attached hydrogens (tertiary/aromatic N) is 3. The average molecular weight is 480 g/mol. The molecule has 2 aliphatic heterocycles. The number of anilines is 1. The molecule has 0 radical (unpaired) electrons. The molecule has 34 heavy (non-hydrogen) atoms. The molecule has 2 saturated heterocycles. The number of halogens is 3. The van der Waals surface area contributed by atoms with Crippen molar-refractivity contribution in [3.8, 4) is 6.07 Å². The zero-order valence-electron chi connectivity index (χ0n) is 19.6. The minimum absolute atomic E-state index is 0.0185. The fourth-order valence-electron chi connectivity index (χ4n) is 5.23. The molecule has 4 rings (SSSR count). The lowest BCUT2D eigenvalue weighted by Gasteiger charge is -2.42. The molecule has 0 bridgehead atoms. The van der Waals surface area contributed by atoms with E-state index in [1.807, 2.05) is 16.7 Å². The van der Waals surface area contributed by atoms with Gasteiger partial charge in [0, 0.05) is 51.0 Å². The summed E-state index contributed by atoms with van der Waals surface area (Å²) in [5.41, 5.74) is -0.912. The summed E-state index contributed by atoms with van der Waals surface area (Å²) in [6.07, 6.45) is -0.630. The van der Waals surface area contributed by atoms with Crippen LogP contribution < -0.4 is 4.90 Å². The zero-order chi connectivity index (χ0) is 24.3. The Morgan fingerprint density at radius 2 is 1.94 bits per heavy atom. The van der Waals surface area contributed by atoms with Crippen molar-refractivity contribution in [2.75, 3.05) is 57.5 Å². The van der Waals surface area contributed by atoms with Gasteiger partial charge >= 0.3 is 6.18 Å². The van der Waals surface area contributed by atoms with E-state index in [1.165, 1.54) is 18.9 Å². The van der Waals surface area contributed by atoms with Gasteiger partial charge in [-0.3, -0.25) is 4.79 Å². The highest BCUT2D eigenvalue weighted by Gasteiger charge is 2.49. The number of piperidine rings is 1.